The van der Waals surface area contributed by atoms with Crippen LogP contribution in [0.25, 0.3) is 0 Å². The minimum atomic E-state index is -0.526. The van der Waals surface area contributed by atoms with Gasteiger partial charge in [0.2, 0.25) is 0 Å². The molecule has 0 bridgehead atoms. The molecule has 1 amide bonds. The molecule has 2 N–H and O–H groups in total. The van der Waals surface area contributed by atoms with Crippen LogP contribution < -0.4 is 16.3 Å². The van der Waals surface area contributed by atoms with Crippen molar-refractivity contribution < 1.29 is 9.21 Å². The van der Waals surface area contributed by atoms with Crippen molar-refractivity contribution in [2.75, 3.05) is 39.3 Å². The Kier molecular flexibility index (Phi) is 7.65. The summed E-state index contributed by atoms with van der Waals surface area (Å²) in [5.74, 6) is 0.568. The number of carbonyl (C=O) groups is 1. The maximum absolute atomic E-state index is 12.4. The lowest BCUT2D eigenvalue weighted by Gasteiger charge is -2.22. The summed E-state index contributed by atoms with van der Waals surface area (Å²) in [6.45, 7) is 11.4. The van der Waals surface area contributed by atoms with Crippen LogP contribution in [-0.2, 0) is 0 Å². The van der Waals surface area contributed by atoms with Gasteiger partial charge in [0.25, 0.3) is 5.91 Å². The SMILES string of the molecule is CCN(CC)CCCNC(=O)c1c(C)cc(C2CCCNC2)oc1=O. The molecule has 1 aliphatic heterocycles. The molecule has 1 aliphatic rings. The van der Waals surface area contributed by atoms with E-state index in [2.05, 4.69) is 29.4 Å². The van der Waals surface area contributed by atoms with Crippen molar-refractivity contribution in [1.29, 1.82) is 0 Å². The van der Waals surface area contributed by atoms with Crippen LogP contribution in [0.5, 0.6) is 0 Å². The molecule has 140 valence electrons. The van der Waals surface area contributed by atoms with Gasteiger partial charge in [-0.15, -0.1) is 0 Å². The summed E-state index contributed by atoms with van der Waals surface area (Å²) < 4.78 is 5.46. The Labute approximate surface area is 150 Å². The Morgan fingerprint density at radius 3 is 2.76 bits per heavy atom. The van der Waals surface area contributed by atoms with Gasteiger partial charge < -0.3 is 20.0 Å². The van der Waals surface area contributed by atoms with Gasteiger partial charge in [-0.2, -0.15) is 0 Å². The van der Waals surface area contributed by atoms with Crippen molar-refractivity contribution in [2.24, 2.45) is 0 Å². The number of carbonyl (C=O) groups excluding carboxylic acids is 1. The molecule has 25 heavy (non-hydrogen) atoms. The van der Waals surface area contributed by atoms with E-state index in [0.29, 0.717) is 17.9 Å². The lowest BCUT2D eigenvalue weighted by atomic mass is 9.95. The van der Waals surface area contributed by atoms with Crippen molar-refractivity contribution in [1.82, 2.24) is 15.5 Å². The molecule has 6 nitrogen and oxygen atoms in total. The highest BCUT2D eigenvalue weighted by atomic mass is 16.4. The fraction of sp³-hybridized carbons (Fsp3) is 0.684. The first-order chi connectivity index (χ1) is 12.1. The molecule has 1 unspecified atom stereocenters. The monoisotopic (exact) mass is 349 g/mol. The van der Waals surface area contributed by atoms with Gasteiger partial charge in [0, 0.05) is 19.0 Å². The van der Waals surface area contributed by atoms with E-state index in [1.54, 1.807) is 0 Å². The molecular formula is C19H31N3O3. The van der Waals surface area contributed by atoms with Gasteiger partial charge in [0.15, 0.2) is 0 Å². The number of hydrogen-bond acceptors (Lipinski definition) is 5. The fourth-order valence-electron chi connectivity index (χ4n) is 3.33. The van der Waals surface area contributed by atoms with Crippen LogP contribution in [0.15, 0.2) is 15.3 Å². The number of amides is 1. The molecule has 1 atom stereocenters. The summed E-state index contributed by atoms with van der Waals surface area (Å²) in [6, 6.07) is 1.85. The van der Waals surface area contributed by atoms with Crippen LogP contribution in [0.2, 0.25) is 0 Å². The average molecular weight is 349 g/mol. The number of nitrogens with zero attached hydrogens (tertiary/aromatic N) is 1. The zero-order chi connectivity index (χ0) is 18.2. The zero-order valence-electron chi connectivity index (χ0n) is 15.7. The van der Waals surface area contributed by atoms with Gasteiger partial charge in [0.1, 0.15) is 11.3 Å². The maximum Gasteiger partial charge on any atom is 0.349 e. The lowest BCUT2D eigenvalue weighted by Crippen LogP contribution is -2.33. The first-order valence-electron chi connectivity index (χ1n) is 9.42. The Balaban J connectivity index is 1.96. The molecule has 2 rings (SSSR count). The fourth-order valence-corrected chi connectivity index (χ4v) is 3.33. The van der Waals surface area contributed by atoms with Crippen molar-refractivity contribution >= 4 is 5.91 Å². The van der Waals surface area contributed by atoms with Crippen molar-refractivity contribution in [3.8, 4) is 0 Å². The zero-order valence-corrected chi connectivity index (χ0v) is 15.7. The standard InChI is InChI=1S/C19H31N3O3/c1-4-22(5-2)11-7-10-21-18(23)17-14(3)12-16(25-19(17)24)15-8-6-9-20-13-15/h12,15,20H,4-11,13H2,1-3H3,(H,21,23). The van der Waals surface area contributed by atoms with Crippen LogP contribution in [0.3, 0.4) is 0 Å². The molecule has 1 saturated heterocycles. The van der Waals surface area contributed by atoms with Crippen LogP contribution >= 0.6 is 0 Å². The van der Waals surface area contributed by atoms with Gasteiger partial charge in [-0.1, -0.05) is 13.8 Å². The normalized spacial score (nSPS) is 17.7. The third-order valence-corrected chi connectivity index (χ3v) is 4.93. The molecule has 0 radical (unpaired) electrons. The summed E-state index contributed by atoms with van der Waals surface area (Å²) in [4.78, 5) is 27.0. The highest BCUT2D eigenvalue weighted by Crippen LogP contribution is 2.23. The first kappa shape index (κ1) is 19.7. The van der Waals surface area contributed by atoms with E-state index in [0.717, 1.165) is 52.0 Å². The van der Waals surface area contributed by atoms with Crippen LogP contribution in [-0.4, -0.2) is 50.1 Å². The van der Waals surface area contributed by atoms with E-state index in [1.165, 1.54) is 0 Å². The molecule has 2 heterocycles. The first-order valence-corrected chi connectivity index (χ1v) is 9.42. The molecule has 0 spiro atoms. The van der Waals surface area contributed by atoms with Gasteiger partial charge in [-0.3, -0.25) is 4.79 Å². The van der Waals surface area contributed by atoms with E-state index in [1.807, 2.05) is 13.0 Å². The molecular weight excluding hydrogens is 318 g/mol. The van der Waals surface area contributed by atoms with E-state index in [-0.39, 0.29) is 17.4 Å². The summed E-state index contributed by atoms with van der Waals surface area (Å²) in [5.41, 5.74) is 0.301. The molecule has 0 aliphatic carbocycles. The maximum atomic E-state index is 12.4. The second-order valence-corrected chi connectivity index (χ2v) is 6.67. The van der Waals surface area contributed by atoms with Gasteiger partial charge in [0.05, 0.1) is 0 Å². The third-order valence-electron chi connectivity index (χ3n) is 4.93. The number of piperidine rings is 1. The van der Waals surface area contributed by atoms with Crippen molar-refractivity contribution in [3.63, 3.8) is 0 Å². The largest absolute Gasteiger partial charge is 0.427 e. The molecule has 1 aromatic rings. The predicted molar refractivity (Wildman–Crippen MR) is 99.3 cm³/mol. The minimum absolute atomic E-state index is 0.135. The van der Waals surface area contributed by atoms with Crippen molar-refractivity contribution in [3.05, 3.63) is 33.4 Å². The smallest absolute Gasteiger partial charge is 0.349 e. The highest BCUT2D eigenvalue weighted by molar-refractivity contribution is 5.95. The Bertz CT molecular complexity index is 617. The number of nitrogens with one attached hydrogen (secondary N) is 2. The van der Waals surface area contributed by atoms with E-state index < -0.39 is 5.63 Å². The van der Waals surface area contributed by atoms with Gasteiger partial charge >= 0.3 is 5.63 Å². The predicted octanol–water partition coefficient (Wildman–Crippen LogP) is 1.88. The van der Waals surface area contributed by atoms with Gasteiger partial charge in [-0.25, -0.2) is 4.79 Å². The average Bonchev–Trinajstić information content (AvgIpc) is 2.62. The number of aryl methyl sites for hydroxylation is 1. The Morgan fingerprint density at radius 2 is 2.16 bits per heavy atom. The quantitative estimate of drug-likeness (QED) is 0.701. The molecule has 0 saturated carbocycles. The highest BCUT2D eigenvalue weighted by Gasteiger charge is 2.22. The molecule has 1 aromatic heterocycles. The molecule has 0 aromatic carbocycles. The lowest BCUT2D eigenvalue weighted by molar-refractivity contribution is 0.0946. The summed E-state index contributed by atoms with van der Waals surface area (Å²) in [6.07, 6.45) is 2.94. The minimum Gasteiger partial charge on any atom is -0.427 e. The van der Waals surface area contributed by atoms with Crippen LogP contribution in [0.4, 0.5) is 0 Å². The Morgan fingerprint density at radius 1 is 1.40 bits per heavy atom. The summed E-state index contributed by atoms with van der Waals surface area (Å²) >= 11 is 0. The Hall–Kier alpha value is -1.66. The van der Waals surface area contributed by atoms with Crippen LogP contribution in [0.1, 0.15) is 60.7 Å². The second kappa shape index (κ2) is 9.73. The number of hydrogen-bond donors (Lipinski definition) is 2. The molecule has 1 fully saturated rings. The van der Waals surface area contributed by atoms with E-state index in [9.17, 15) is 9.59 Å². The summed E-state index contributed by atoms with van der Waals surface area (Å²) in [7, 11) is 0. The van der Waals surface area contributed by atoms with Gasteiger partial charge in [-0.05, 0) is 64.0 Å². The topological polar surface area (TPSA) is 74.6 Å². The van der Waals surface area contributed by atoms with Crippen molar-refractivity contribution in [2.45, 2.75) is 46.0 Å². The van der Waals surface area contributed by atoms with E-state index in [4.69, 9.17) is 4.42 Å². The third kappa shape index (κ3) is 5.41. The molecule has 6 heteroatoms. The van der Waals surface area contributed by atoms with Crippen LogP contribution in [0, 0.1) is 6.92 Å². The van der Waals surface area contributed by atoms with E-state index >= 15 is 0 Å². The summed E-state index contributed by atoms with van der Waals surface area (Å²) in [5, 5.41) is 6.16. The second-order valence-electron chi connectivity index (χ2n) is 6.67. The number of rotatable bonds is 8.